The van der Waals surface area contributed by atoms with E-state index >= 15 is 0 Å². The van der Waals surface area contributed by atoms with Crippen molar-refractivity contribution in [2.45, 2.75) is 76.2 Å². The van der Waals surface area contributed by atoms with Crippen molar-refractivity contribution in [2.75, 3.05) is 18.0 Å². The molecule has 0 bridgehead atoms. The first-order chi connectivity index (χ1) is 20.5. The van der Waals surface area contributed by atoms with Crippen LogP contribution in [0.4, 0.5) is 16.4 Å². The Bertz CT molecular complexity index is 1600. The van der Waals surface area contributed by atoms with Gasteiger partial charge in [0.25, 0.3) is 0 Å². The Labute approximate surface area is 250 Å². The van der Waals surface area contributed by atoms with Gasteiger partial charge in [-0.1, -0.05) is 41.9 Å². The first kappa shape index (κ1) is 27.3. The van der Waals surface area contributed by atoms with E-state index in [1.807, 2.05) is 29.8 Å². The van der Waals surface area contributed by atoms with Crippen molar-refractivity contribution in [2.24, 2.45) is 0 Å². The molecule has 42 heavy (non-hydrogen) atoms. The van der Waals surface area contributed by atoms with Gasteiger partial charge in [0.15, 0.2) is 0 Å². The number of anilines is 2. The second kappa shape index (κ2) is 11.3. The standard InChI is InChI=1S/C32H35ClN6O3/c1-20-29(18-35-39(20)24-7-8-24)38(32(40)41)31-34-17-23-15-26(33)25(16-27(23)36-31)22-11-13-37(14-12-22)28-9-10-30(28)42-19-21-5-3-2-4-6-21/h2-6,15-18,22,24,28,30H,7-14,19H2,1H3,(H,40,41). The molecular weight excluding hydrogens is 552 g/mol. The zero-order valence-corrected chi connectivity index (χ0v) is 24.5. The molecular formula is C32H35ClN6O3. The lowest BCUT2D eigenvalue weighted by Gasteiger charge is -2.46. The predicted molar refractivity (Wildman–Crippen MR) is 162 cm³/mol. The molecule has 1 saturated heterocycles. The number of rotatable bonds is 8. The molecule has 218 valence electrons. The van der Waals surface area contributed by atoms with E-state index in [1.165, 1.54) is 12.0 Å². The van der Waals surface area contributed by atoms with Gasteiger partial charge in [0.2, 0.25) is 5.95 Å². The Balaban J connectivity index is 1.06. The van der Waals surface area contributed by atoms with Gasteiger partial charge >= 0.3 is 6.09 Å². The third kappa shape index (κ3) is 5.25. The smallest absolute Gasteiger partial charge is 0.419 e. The third-order valence-corrected chi connectivity index (χ3v) is 9.48. The number of hydrogen-bond donors (Lipinski definition) is 1. The molecule has 1 N–H and O–H groups in total. The number of fused-ring (bicyclic) bond motifs is 1. The van der Waals surface area contributed by atoms with Gasteiger partial charge < -0.3 is 9.84 Å². The highest BCUT2D eigenvalue weighted by Crippen LogP contribution is 2.40. The van der Waals surface area contributed by atoms with Crippen molar-refractivity contribution < 1.29 is 14.6 Å². The van der Waals surface area contributed by atoms with Gasteiger partial charge in [-0.2, -0.15) is 5.10 Å². The fourth-order valence-corrected chi connectivity index (χ4v) is 6.81. The van der Waals surface area contributed by atoms with Crippen molar-refractivity contribution in [3.63, 3.8) is 0 Å². The fourth-order valence-electron chi connectivity index (χ4n) is 6.48. The fraction of sp³-hybridized carbons (Fsp3) is 0.438. The van der Waals surface area contributed by atoms with Crippen LogP contribution in [0.25, 0.3) is 10.9 Å². The molecule has 2 saturated carbocycles. The molecule has 2 unspecified atom stereocenters. The molecule has 7 rings (SSSR count). The van der Waals surface area contributed by atoms with E-state index in [9.17, 15) is 9.90 Å². The lowest BCUT2D eigenvalue weighted by atomic mass is 9.83. The second-order valence-corrected chi connectivity index (χ2v) is 12.2. The number of likely N-dealkylation sites (tertiary alicyclic amines) is 1. The van der Waals surface area contributed by atoms with Gasteiger partial charge in [0.1, 0.15) is 0 Å². The number of benzene rings is 2. The van der Waals surface area contributed by atoms with E-state index in [0.717, 1.165) is 66.7 Å². The molecule has 4 aromatic rings. The first-order valence-electron chi connectivity index (χ1n) is 14.9. The molecule has 3 fully saturated rings. The van der Waals surface area contributed by atoms with E-state index in [4.69, 9.17) is 21.3 Å². The van der Waals surface area contributed by atoms with E-state index in [2.05, 4.69) is 39.2 Å². The van der Waals surface area contributed by atoms with Crippen molar-refractivity contribution in [1.29, 1.82) is 0 Å². The van der Waals surface area contributed by atoms with Crippen LogP contribution in [0.5, 0.6) is 0 Å². The predicted octanol–water partition coefficient (Wildman–Crippen LogP) is 6.87. The summed E-state index contributed by atoms with van der Waals surface area (Å²) in [5.74, 6) is 0.429. The number of ether oxygens (including phenoxy) is 1. The van der Waals surface area contributed by atoms with Gasteiger partial charge in [0, 0.05) is 22.6 Å². The zero-order chi connectivity index (χ0) is 28.8. The highest BCUT2D eigenvalue weighted by molar-refractivity contribution is 6.32. The molecule has 1 amide bonds. The van der Waals surface area contributed by atoms with Crippen LogP contribution >= 0.6 is 11.6 Å². The summed E-state index contributed by atoms with van der Waals surface area (Å²) in [5.41, 5.74) is 4.26. The van der Waals surface area contributed by atoms with Crippen molar-refractivity contribution >= 4 is 40.2 Å². The summed E-state index contributed by atoms with van der Waals surface area (Å²) in [6.07, 6.45) is 8.83. The minimum Gasteiger partial charge on any atom is -0.464 e. The van der Waals surface area contributed by atoms with E-state index in [0.29, 0.717) is 46.9 Å². The van der Waals surface area contributed by atoms with E-state index in [1.54, 1.807) is 12.4 Å². The normalized spacial score (nSPS) is 21.4. The van der Waals surface area contributed by atoms with Crippen LogP contribution in [-0.2, 0) is 11.3 Å². The number of carbonyl (C=O) groups is 1. The summed E-state index contributed by atoms with van der Waals surface area (Å²) in [6.45, 7) is 4.56. The van der Waals surface area contributed by atoms with Crippen molar-refractivity contribution in [3.05, 3.63) is 76.7 Å². The van der Waals surface area contributed by atoms with E-state index in [-0.39, 0.29) is 5.95 Å². The minimum atomic E-state index is -1.14. The van der Waals surface area contributed by atoms with Crippen molar-refractivity contribution in [3.8, 4) is 0 Å². The molecule has 3 aliphatic rings. The Hall–Kier alpha value is -3.53. The van der Waals surface area contributed by atoms with Crippen LogP contribution in [0.15, 0.2) is 54.9 Å². The third-order valence-electron chi connectivity index (χ3n) is 9.15. The largest absolute Gasteiger partial charge is 0.464 e. The van der Waals surface area contributed by atoms with Gasteiger partial charge in [-0.3, -0.25) is 9.58 Å². The quantitative estimate of drug-likeness (QED) is 0.241. The summed E-state index contributed by atoms with van der Waals surface area (Å²) in [7, 11) is 0. The average molecular weight is 587 g/mol. The van der Waals surface area contributed by atoms with E-state index < -0.39 is 6.09 Å². The number of carboxylic acid groups (broad SMARTS) is 1. The molecule has 2 aliphatic carbocycles. The zero-order valence-electron chi connectivity index (χ0n) is 23.7. The molecule has 3 heterocycles. The maximum absolute atomic E-state index is 12.4. The van der Waals surface area contributed by atoms with Crippen LogP contribution < -0.4 is 4.90 Å². The summed E-state index contributed by atoms with van der Waals surface area (Å²) in [5, 5.41) is 16.1. The monoisotopic (exact) mass is 586 g/mol. The van der Waals surface area contributed by atoms with Gasteiger partial charge in [-0.05, 0) is 87.7 Å². The summed E-state index contributed by atoms with van der Waals surface area (Å²) in [4.78, 5) is 25.2. The molecule has 2 aromatic carbocycles. The van der Waals surface area contributed by atoms with Gasteiger partial charge in [-0.25, -0.2) is 19.7 Å². The number of nitrogens with zero attached hydrogens (tertiary/aromatic N) is 6. The van der Waals surface area contributed by atoms with Crippen LogP contribution in [-0.4, -0.2) is 61.1 Å². The molecule has 1 aliphatic heterocycles. The lowest BCUT2D eigenvalue weighted by Crippen LogP contribution is -2.53. The second-order valence-electron chi connectivity index (χ2n) is 11.8. The molecule has 2 atom stereocenters. The molecule has 0 spiro atoms. The maximum Gasteiger partial charge on any atom is 0.419 e. The molecule has 0 radical (unpaired) electrons. The topological polar surface area (TPSA) is 96.6 Å². The van der Waals surface area contributed by atoms with Crippen LogP contribution in [0.2, 0.25) is 5.02 Å². The number of aromatic nitrogens is 4. The minimum absolute atomic E-state index is 0.114. The number of halogens is 1. The molecule has 9 nitrogen and oxygen atoms in total. The summed E-state index contributed by atoms with van der Waals surface area (Å²) < 4.78 is 8.18. The van der Waals surface area contributed by atoms with Gasteiger partial charge in [-0.15, -0.1) is 0 Å². The Morgan fingerprint density at radius 3 is 2.55 bits per heavy atom. The Morgan fingerprint density at radius 1 is 1.07 bits per heavy atom. The number of piperidine rings is 1. The highest BCUT2D eigenvalue weighted by Gasteiger charge is 2.38. The first-order valence-corrected chi connectivity index (χ1v) is 15.3. The summed E-state index contributed by atoms with van der Waals surface area (Å²) >= 11 is 6.80. The summed E-state index contributed by atoms with van der Waals surface area (Å²) in [6, 6.07) is 15.1. The van der Waals surface area contributed by atoms with Crippen LogP contribution in [0, 0.1) is 6.92 Å². The SMILES string of the molecule is Cc1c(N(C(=O)O)c2ncc3cc(Cl)c(C4CCN(C5CCC5OCc5ccccc5)CC4)cc3n2)cnn1C1CC1. The lowest BCUT2D eigenvalue weighted by molar-refractivity contribution is -0.0839. The Morgan fingerprint density at radius 2 is 1.86 bits per heavy atom. The Kier molecular flexibility index (Phi) is 7.34. The molecule has 2 aromatic heterocycles. The molecule has 10 heteroatoms. The van der Waals surface area contributed by atoms with Crippen molar-refractivity contribution in [1.82, 2.24) is 24.6 Å². The average Bonchev–Trinajstić information content (AvgIpc) is 3.75. The van der Waals surface area contributed by atoms with Crippen LogP contribution in [0.3, 0.4) is 0 Å². The number of amides is 1. The highest BCUT2D eigenvalue weighted by atomic mass is 35.5. The van der Waals surface area contributed by atoms with Gasteiger partial charge in [0.05, 0.1) is 41.8 Å². The maximum atomic E-state index is 12.4. The van der Waals surface area contributed by atoms with Crippen LogP contribution in [0.1, 0.15) is 67.3 Å². The number of hydrogen-bond acceptors (Lipinski definition) is 6.